The summed E-state index contributed by atoms with van der Waals surface area (Å²) in [5.41, 5.74) is 0. The van der Waals surface area contributed by atoms with Crippen LogP contribution in [0.3, 0.4) is 0 Å². The number of thiophene rings is 1. The van der Waals surface area contributed by atoms with Crippen molar-refractivity contribution >= 4 is 37.1 Å². The van der Waals surface area contributed by atoms with Crippen LogP contribution in [0.5, 0.6) is 0 Å². The molecule has 1 fully saturated rings. The molecule has 78 valence electrons. The highest BCUT2D eigenvalue weighted by Crippen LogP contribution is 2.30. The second-order valence-corrected chi connectivity index (χ2v) is 8.01. The first kappa shape index (κ1) is 10.6. The van der Waals surface area contributed by atoms with Crippen molar-refractivity contribution in [3.05, 3.63) is 15.9 Å². The van der Waals surface area contributed by atoms with Gasteiger partial charge in [0.2, 0.25) is 9.84 Å². The molecule has 1 saturated heterocycles. The fourth-order valence-corrected chi connectivity index (χ4v) is 5.38. The summed E-state index contributed by atoms with van der Waals surface area (Å²) in [6.45, 7) is 0.802. The smallest absolute Gasteiger partial charge is 0.203 e. The van der Waals surface area contributed by atoms with Gasteiger partial charge in [-0.05, 0) is 47.4 Å². The maximum atomic E-state index is 12.0. The van der Waals surface area contributed by atoms with Gasteiger partial charge in [-0.25, -0.2) is 8.42 Å². The molecule has 2 rings (SSSR count). The van der Waals surface area contributed by atoms with Crippen LogP contribution in [0.25, 0.3) is 0 Å². The Morgan fingerprint density at radius 3 is 2.79 bits per heavy atom. The van der Waals surface area contributed by atoms with E-state index < -0.39 is 9.84 Å². The zero-order valence-corrected chi connectivity index (χ0v) is 10.6. The van der Waals surface area contributed by atoms with E-state index in [1.807, 2.05) is 0 Å². The molecule has 1 N–H and O–H groups in total. The molecule has 0 spiro atoms. The molecule has 1 atom stereocenters. The van der Waals surface area contributed by atoms with E-state index in [-0.39, 0.29) is 5.37 Å². The van der Waals surface area contributed by atoms with E-state index >= 15 is 0 Å². The van der Waals surface area contributed by atoms with Gasteiger partial charge in [-0.15, -0.1) is 11.3 Å². The molecule has 3 nitrogen and oxygen atoms in total. The first-order valence-corrected chi connectivity index (χ1v) is 7.49. The van der Waals surface area contributed by atoms with Crippen molar-refractivity contribution in [1.29, 1.82) is 0 Å². The second kappa shape index (κ2) is 3.92. The van der Waals surface area contributed by atoms with Crippen molar-refractivity contribution in [2.24, 2.45) is 0 Å². The van der Waals surface area contributed by atoms with Gasteiger partial charge in [0.25, 0.3) is 0 Å². The molecule has 1 aromatic rings. The van der Waals surface area contributed by atoms with Gasteiger partial charge in [0.05, 0.1) is 3.79 Å². The molecule has 1 aliphatic rings. The summed E-state index contributed by atoms with van der Waals surface area (Å²) in [7, 11) is -3.14. The molecule has 0 radical (unpaired) electrons. The zero-order valence-electron chi connectivity index (χ0n) is 7.36. The minimum atomic E-state index is -3.14. The van der Waals surface area contributed by atoms with Crippen LogP contribution < -0.4 is 5.32 Å². The molecule has 2 heterocycles. The summed E-state index contributed by atoms with van der Waals surface area (Å²) in [5, 5.41) is 2.63. The average molecular weight is 296 g/mol. The molecule has 0 aliphatic carbocycles. The number of sulfone groups is 1. The summed E-state index contributed by atoms with van der Waals surface area (Å²) in [5.74, 6) is 0. The molecule has 0 bridgehead atoms. The first-order valence-electron chi connectivity index (χ1n) is 4.33. The number of rotatable bonds is 2. The number of hydrogen-bond donors (Lipinski definition) is 1. The van der Waals surface area contributed by atoms with Gasteiger partial charge in [0, 0.05) is 0 Å². The zero-order chi connectivity index (χ0) is 10.2. The summed E-state index contributed by atoms with van der Waals surface area (Å²) >= 11 is 4.54. The standard InChI is InChI=1S/C8H10BrNO2S2/c9-6-3-4-8(13-6)14(11,12)7-2-1-5-10-7/h3-4,7,10H,1-2,5H2. The Morgan fingerprint density at radius 2 is 2.29 bits per heavy atom. The Balaban J connectivity index is 2.32. The Morgan fingerprint density at radius 1 is 1.50 bits per heavy atom. The van der Waals surface area contributed by atoms with Crippen molar-refractivity contribution in [2.75, 3.05) is 6.54 Å². The van der Waals surface area contributed by atoms with E-state index in [1.165, 1.54) is 11.3 Å². The van der Waals surface area contributed by atoms with E-state index in [9.17, 15) is 8.42 Å². The van der Waals surface area contributed by atoms with Crippen molar-refractivity contribution in [3.63, 3.8) is 0 Å². The molecule has 1 unspecified atom stereocenters. The van der Waals surface area contributed by atoms with Crippen LogP contribution in [0.1, 0.15) is 12.8 Å². The third-order valence-corrected chi connectivity index (χ3v) is 6.43. The lowest BCUT2D eigenvalue weighted by Crippen LogP contribution is -2.30. The highest BCUT2D eigenvalue weighted by atomic mass is 79.9. The normalized spacial score (nSPS) is 22.8. The molecule has 6 heteroatoms. The van der Waals surface area contributed by atoms with Crippen LogP contribution in [0, 0.1) is 0 Å². The molecule has 14 heavy (non-hydrogen) atoms. The van der Waals surface area contributed by atoms with Crippen LogP contribution in [-0.2, 0) is 9.84 Å². The minimum Gasteiger partial charge on any atom is -0.301 e. The summed E-state index contributed by atoms with van der Waals surface area (Å²) in [6.07, 6.45) is 1.66. The largest absolute Gasteiger partial charge is 0.301 e. The van der Waals surface area contributed by atoms with Crippen LogP contribution in [0.2, 0.25) is 0 Å². The lowest BCUT2D eigenvalue weighted by molar-refractivity contribution is 0.574. The Labute approximate surface area is 95.6 Å². The van der Waals surface area contributed by atoms with Crippen LogP contribution in [-0.4, -0.2) is 20.3 Å². The van der Waals surface area contributed by atoms with E-state index in [0.29, 0.717) is 4.21 Å². The van der Waals surface area contributed by atoms with E-state index in [4.69, 9.17) is 0 Å². The van der Waals surface area contributed by atoms with Crippen LogP contribution in [0.15, 0.2) is 20.1 Å². The summed E-state index contributed by atoms with van der Waals surface area (Å²) in [6, 6.07) is 3.43. The van der Waals surface area contributed by atoms with Crippen molar-refractivity contribution in [3.8, 4) is 0 Å². The molecule has 1 aromatic heterocycles. The van der Waals surface area contributed by atoms with Crippen LogP contribution in [0.4, 0.5) is 0 Å². The van der Waals surface area contributed by atoms with Gasteiger partial charge < -0.3 is 5.32 Å². The van der Waals surface area contributed by atoms with Crippen molar-refractivity contribution in [2.45, 2.75) is 22.4 Å². The summed E-state index contributed by atoms with van der Waals surface area (Å²) < 4.78 is 25.3. The Bertz CT molecular complexity index is 420. The molecule has 1 aliphatic heterocycles. The quantitative estimate of drug-likeness (QED) is 0.908. The number of hydrogen-bond acceptors (Lipinski definition) is 4. The second-order valence-electron chi connectivity index (χ2n) is 3.19. The van der Waals surface area contributed by atoms with Gasteiger partial charge in [0.1, 0.15) is 9.58 Å². The Kier molecular flexibility index (Phi) is 2.97. The molecule has 0 saturated carbocycles. The lowest BCUT2D eigenvalue weighted by atomic mass is 10.4. The van der Waals surface area contributed by atoms with E-state index in [2.05, 4.69) is 21.2 Å². The fourth-order valence-electron chi connectivity index (χ4n) is 1.51. The summed E-state index contributed by atoms with van der Waals surface area (Å²) in [4.78, 5) is 0. The maximum absolute atomic E-state index is 12.0. The predicted molar refractivity (Wildman–Crippen MR) is 60.2 cm³/mol. The predicted octanol–water partition coefficient (Wildman–Crippen LogP) is 1.99. The molecule has 0 aromatic carbocycles. The van der Waals surface area contributed by atoms with E-state index in [1.54, 1.807) is 12.1 Å². The van der Waals surface area contributed by atoms with Gasteiger partial charge in [0.15, 0.2) is 0 Å². The number of halogens is 1. The lowest BCUT2D eigenvalue weighted by Gasteiger charge is -2.09. The molecular formula is C8H10BrNO2S2. The average Bonchev–Trinajstić information content (AvgIpc) is 2.72. The van der Waals surface area contributed by atoms with Gasteiger partial charge >= 0.3 is 0 Å². The van der Waals surface area contributed by atoms with Gasteiger partial charge in [-0.3, -0.25) is 0 Å². The van der Waals surface area contributed by atoms with Crippen molar-refractivity contribution < 1.29 is 8.42 Å². The SMILES string of the molecule is O=S(=O)(c1ccc(Br)s1)C1CCCN1. The van der Waals surface area contributed by atoms with E-state index in [0.717, 1.165) is 23.2 Å². The topological polar surface area (TPSA) is 46.2 Å². The van der Waals surface area contributed by atoms with Gasteiger partial charge in [-0.1, -0.05) is 0 Å². The third-order valence-electron chi connectivity index (χ3n) is 2.22. The molecule has 0 amide bonds. The highest BCUT2D eigenvalue weighted by molar-refractivity contribution is 9.11. The maximum Gasteiger partial charge on any atom is 0.203 e. The first-order chi connectivity index (χ1) is 6.60. The molecular weight excluding hydrogens is 286 g/mol. The van der Waals surface area contributed by atoms with Crippen molar-refractivity contribution in [1.82, 2.24) is 5.32 Å². The Hall–Kier alpha value is 0.0900. The fraction of sp³-hybridized carbons (Fsp3) is 0.500. The monoisotopic (exact) mass is 295 g/mol. The van der Waals surface area contributed by atoms with Crippen LogP contribution >= 0.6 is 27.3 Å². The third kappa shape index (κ3) is 1.88. The number of nitrogens with one attached hydrogen (secondary N) is 1. The highest BCUT2D eigenvalue weighted by Gasteiger charge is 2.30. The van der Waals surface area contributed by atoms with Gasteiger partial charge in [-0.2, -0.15) is 0 Å². The minimum absolute atomic E-state index is 0.381.